The molecule has 1 aromatic heterocycles. The summed E-state index contributed by atoms with van der Waals surface area (Å²) in [6, 6.07) is 10.9. The molecule has 1 saturated heterocycles. The summed E-state index contributed by atoms with van der Waals surface area (Å²) in [7, 11) is 0. The van der Waals surface area contributed by atoms with Crippen molar-refractivity contribution in [3.05, 3.63) is 64.4 Å². The molecule has 6 heteroatoms. The highest BCUT2D eigenvalue weighted by Crippen LogP contribution is 2.15. The van der Waals surface area contributed by atoms with Gasteiger partial charge in [-0.3, -0.25) is 14.6 Å². The van der Waals surface area contributed by atoms with Crippen LogP contribution in [0.1, 0.15) is 20.7 Å². The number of amides is 2. The Bertz CT molecular complexity index is 713. The van der Waals surface area contributed by atoms with Gasteiger partial charge in [0.15, 0.2) is 0 Å². The highest BCUT2D eigenvalue weighted by molar-refractivity contribution is 9.10. The molecule has 0 saturated carbocycles. The van der Waals surface area contributed by atoms with Gasteiger partial charge in [0.05, 0.1) is 5.56 Å². The molecule has 0 atom stereocenters. The standard InChI is InChI=1S/C17H16BrN3O2/c18-15-5-1-3-13(11-15)16(22)20-7-9-21(10-8-20)17(23)14-4-2-6-19-12-14/h1-6,11-12H,7-10H2. The third kappa shape index (κ3) is 3.59. The Morgan fingerprint density at radius 1 is 0.913 bits per heavy atom. The molecule has 0 unspecified atom stereocenters. The topological polar surface area (TPSA) is 53.5 Å². The van der Waals surface area contributed by atoms with Crippen LogP contribution in [0.15, 0.2) is 53.3 Å². The Hall–Kier alpha value is -2.21. The van der Waals surface area contributed by atoms with E-state index in [1.54, 1.807) is 40.4 Å². The molecule has 1 aliphatic rings. The number of aromatic nitrogens is 1. The fraction of sp³-hybridized carbons (Fsp3) is 0.235. The lowest BCUT2D eigenvalue weighted by molar-refractivity contribution is 0.0535. The number of nitrogens with zero attached hydrogens (tertiary/aromatic N) is 3. The lowest BCUT2D eigenvalue weighted by Crippen LogP contribution is -2.50. The number of hydrogen-bond acceptors (Lipinski definition) is 3. The van der Waals surface area contributed by atoms with Crippen molar-refractivity contribution in [2.45, 2.75) is 0 Å². The zero-order valence-corrected chi connectivity index (χ0v) is 14.1. The van der Waals surface area contributed by atoms with Gasteiger partial charge in [0.25, 0.3) is 11.8 Å². The second-order valence-corrected chi connectivity index (χ2v) is 6.25. The van der Waals surface area contributed by atoms with Crippen LogP contribution in [0.2, 0.25) is 0 Å². The number of rotatable bonds is 2. The van der Waals surface area contributed by atoms with Crippen LogP contribution in [0.25, 0.3) is 0 Å². The van der Waals surface area contributed by atoms with Crippen LogP contribution in [0, 0.1) is 0 Å². The van der Waals surface area contributed by atoms with E-state index in [0.717, 1.165) is 4.47 Å². The first-order valence-corrected chi connectivity index (χ1v) is 8.18. The zero-order chi connectivity index (χ0) is 16.2. The van der Waals surface area contributed by atoms with E-state index >= 15 is 0 Å². The van der Waals surface area contributed by atoms with E-state index in [1.165, 1.54) is 0 Å². The SMILES string of the molecule is O=C(c1cccnc1)N1CCN(C(=O)c2cccc(Br)c2)CC1. The van der Waals surface area contributed by atoms with Gasteiger partial charge in [-0.15, -0.1) is 0 Å². The first-order chi connectivity index (χ1) is 11.1. The van der Waals surface area contributed by atoms with E-state index in [0.29, 0.717) is 37.3 Å². The molecule has 2 amide bonds. The Kier molecular flexibility index (Phi) is 4.71. The third-order valence-corrected chi connectivity index (χ3v) is 4.33. The Balaban J connectivity index is 1.62. The number of benzene rings is 1. The van der Waals surface area contributed by atoms with Crippen LogP contribution in [0.3, 0.4) is 0 Å². The fourth-order valence-electron chi connectivity index (χ4n) is 2.59. The summed E-state index contributed by atoms with van der Waals surface area (Å²) in [5.41, 5.74) is 1.24. The molecule has 2 heterocycles. The summed E-state index contributed by atoms with van der Waals surface area (Å²) >= 11 is 3.38. The molecule has 2 aromatic rings. The quantitative estimate of drug-likeness (QED) is 0.812. The average molecular weight is 374 g/mol. The van der Waals surface area contributed by atoms with E-state index in [1.807, 2.05) is 18.2 Å². The number of pyridine rings is 1. The summed E-state index contributed by atoms with van der Waals surface area (Å²) in [5, 5.41) is 0. The van der Waals surface area contributed by atoms with Gasteiger partial charge in [-0.1, -0.05) is 22.0 Å². The normalized spacial score (nSPS) is 14.7. The van der Waals surface area contributed by atoms with Crippen molar-refractivity contribution in [1.29, 1.82) is 0 Å². The predicted molar refractivity (Wildman–Crippen MR) is 90.2 cm³/mol. The van der Waals surface area contributed by atoms with Crippen molar-refractivity contribution in [1.82, 2.24) is 14.8 Å². The van der Waals surface area contributed by atoms with E-state index in [2.05, 4.69) is 20.9 Å². The van der Waals surface area contributed by atoms with Crippen molar-refractivity contribution in [2.75, 3.05) is 26.2 Å². The molecule has 0 aliphatic carbocycles. The van der Waals surface area contributed by atoms with Gasteiger partial charge in [-0.2, -0.15) is 0 Å². The van der Waals surface area contributed by atoms with Gasteiger partial charge in [0.2, 0.25) is 0 Å². The minimum Gasteiger partial charge on any atom is -0.335 e. The highest BCUT2D eigenvalue weighted by atomic mass is 79.9. The first-order valence-electron chi connectivity index (χ1n) is 7.39. The van der Waals surface area contributed by atoms with E-state index < -0.39 is 0 Å². The number of hydrogen-bond donors (Lipinski definition) is 0. The molecule has 3 rings (SSSR count). The van der Waals surface area contributed by atoms with E-state index in [9.17, 15) is 9.59 Å². The summed E-state index contributed by atoms with van der Waals surface area (Å²) in [5.74, 6) is -0.0348. The average Bonchev–Trinajstić information content (AvgIpc) is 2.61. The van der Waals surface area contributed by atoms with Gasteiger partial charge in [-0.05, 0) is 30.3 Å². The second kappa shape index (κ2) is 6.91. The van der Waals surface area contributed by atoms with Crippen LogP contribution in [-0.4, -0.2) is 52.8 Å². The van der Waals surface area contributed by atoms with Crippen LogP contribution in [0.5, 0.6) is 0 Å². The number of piperazine rings is 1. The summed E-state index contributed by atoms with van der Waals surface area (Å²) < 4.78 is 0.883. The molecule has 1 aliphatic heterocycles. The maximum Gasteiger partial charge on any atom is 0.255 e. The van der Waals surface area contributed by atoms with Gasteiger partial charge >= 0.3 is 0 Å². The Morgan fingerprint density at radius 2 is 1.52 bits per heavy atom. The van der Waals surface area contributed by atoms with Gasteiger partial charge in [0, 0.05) is 48.6 Å². The van der Waals surface area contributed by atoms with Crippen LogP contribution >= 0.6 is 15.9 Å². The highest BCUT2D eigenvalue weighted by Gasteiger charge is 2.25. The van der Waals surface area contributed by atoms with Crippen LogP contribution < -0.4 is 0 Å². The molecular weight excluding hydrogens is 358 g/mol. The number of carbonyl (C=O) groups excluding carboxylic acids is 2. The second-order valence-electron chi connectivity index (χ2n) is 5.34. The van der Waals surface area contributed by atoms with E-state index in [-0.39, 0.29) is 11.8 Å². The molecule has 1 aromatic carbocycles. The molecule has 0 spiro atoms. The number of halogens is 1. The third-order valence-electron chi connectivity index (χ3n) is 3.83. The minimum atomic E-state index is -0.0346. The molecule has 0 N–H and O–H groups in total. The lowest BCUT2D eigenvalue weighted by atomic mass is 10.1. The van der Waals surface area contributed by atoms with Crippen molar-refractivity contribution in [3.63, 3.8) is 0 Å². The molecule has 0 radical (unpaired) electrons. The monoisotopic (exact) mass is 373 g/mol. The molecule has 23 heavy (non-hydrogen) atoms. The van der Waals surface area contributed by atoms with Gasteiger partial charge in [-0.25, -0.2) is 0 Å². The largest absolute Gasteiger partial charge is 0.335 e. The van der Waals surface area contributed by atoms with Crippen LogP contribution in [-0.2, 0) is 0 Å². The van der Waals surface area contributed by atoms with Crippen LogP contribution in [0.4, 0.5) is 0 Å². The van der Waals surface area contributed by atoms with Crippen molar-refractivity contribution in [3.8, 4) is 0 Å². The smallest absolute Gasteiger partial charge is 0.255 e. The molecule has 1 fully saturated rings. The summed E-state index contributed by atoms with van der Waals surface area (Å²) in [6.07, 6.45) is 3.22. The molecular formula is C17H16BrN3O2. The van der Waals surface area contributed by atoms with E-state index in [4.69, 9.17) is 0 Å². The summed E-state index contributed by atoms with van der Waals surface area (Å²) in [4.78, 5) is 32.4. The van der Waals surface area contributed by atoms with Crippen molar-refractivity contribution in [2.24, 2.45) is 0 Å². The number of carbonyl (C=O) groups is 2. The van der Waals surface area contributed by atoms with Crippen molar-refractivity contribution < 1.29 is 9.59 Å². The Morgan fingerprint density at radius 3 is 2.09 bits per heavy atom. The predicted octanol–water partition coefficient (Wildman–Crippen LogP) is 2.44. The van der Waals surface area contributed by atoms with Crippen molar-refractivity contribution >= 4 is 27.7 Å². The summed E-state index contributed by atoms with van der Waals surface area (Å²) in [6.45, 7) is 2.15. The maximum atomic E-state index is 12.5. The van der Waals surface area contributed by atoms with Gasteiger partial charge in [0.1, 0.15) is 0 Å². The fourth-order valence-corrected chi connectivity index (χ4v) is 2.99. The first kappa shape index (κ1) is 15.7. The molecule has 0 bridgehead atoms. The molecule has 5 nitrogen and oxygen atoms in total. The maximum absolute atomic E-state index is 12.5. The minimum absolute atomic E-state index is 0.000207. The zero-order valence-electron chi connectivity index (χ0n) is 12.5. The Labute approximate surface area is 143 Å². The molecule has 118 valence electrons. The lowest BCUT2D eigenvalue weighted by Gasteiger charge is -2.34. The van der Waals surface area contributed by atoms with Gasteiger partial charge < -0.3 is 9.80 Å².